The van der Waals surface area contributed by atoms with E-state index in [1.165, 1.54) is 12.8 Å². The molecule has 0 saturated heterocycles. The molecule has 0 fully saturated rings. The van der Waals surface area contributed by atoms with Gasteiger partial charge in [0.25, 0.3) is 0 Å². The molecule has 0 aliphatic carbocycles. The van der Waals surface area contributed by atoms with Gasteiger partial charge in [0, 0.05) is 18.8 Å². The zero-order valence-corrected chi connectivity index (χ0v) is 10.8. The van der Waals surface area contributed by atoms with Crippen LogP contribution in [0.3, 0.4) is 0 Å². The first kappa shape index (κ1) is 13.6. The monoisotopic (exact) mass is 234 g/mol. The second kappa shape index (κ2) is 7.71. The minimum atomic E-state index is 0.0826. The van der Waals surface area contributed by atoms with E-state index in [4.69, 9.17) is 0 Å². The number of hydrogen-bond donors (Lipinski definition) is 2. The molecule has 0 atom stereocenters. The fraction of sp³-hybridized carbons (Fsp3) is 0.500. The third kappa shape index (κ3) is 5.38. The molecule has 0 aliphatic heterocycles. The van der Waals surface area contributed by atoms with Crippen molar-refractivity contribution in [1.29, 1.82) is 0 Å². The summed E-state index contributed by atoms with van der Waals surface area (Å²) >= 11 is 0. The molecule has 3 heteroatoms. The molecule has 0 aliphatic rings. The lowest BCUT2D eigenvalue weighted by atomic mass is 10.1. The van der Waals surface area contributed by atoms with E-state index in [0.29, 0.717) is 13.0 Å². The maximum atomic E-state index is 11.4. The molecule has 17 heavy (non-hydrogen) atoms. The molecule has 0 aromatic heterocycles. The Morgan fingerprint density at radius 3 is 2.47 bits per heavy atom. The van der Waals surface area contributed by atoms with E-state index < -0.39 is 0 Å². The van der Waals surface area contributed by atoms with Gasteiger partial charge < -0.3 is 10.6 Å². The first-order valence-electron chi connectivity index (χ1n) is 6.35. The molecule has 3 nitrogen and oxygen atoms in total. The Bertz CT molecular complexity index is 333. The molecule has 2 N–H and O–H groups in total. The van der Waals surface area contributed by atoms with Crippen LogP contribution >= 0.6 is 0 Å². The lowest BCUT2D eigenvalue weighted by Crippen LogP contribution is -2.24. The van der Waals surface area contributed by atoms with E-state index in [1.807, 2.05) is 31.2 Å². The molecule has 0 saturated carbocycles. The summed E-state index contributed by atoms with van der Waals surface area (Å²) in [6, 6.07) is 8.07. The van der Waals surface area contributed by atoms with Gasteiger partial charge in [-0.25, -0.2) is 0 Å². The number of carbonyl (C=O) groups is 1. The topological polar surface area (TPSA) is 41.1 Å². The van der Waals surface area contributed by atoms with Gasteiger partial charge in [0.15, 0.2) is 0 Å². The van der Waals surface area contributed by atoms with E-state index in [1.54, 1.807) is 0 Å². The molecule has 1 aromatic rings. The Morgan fingerprint density at radius 2 is 1.88 bits per heavy atom. The van der Waals surface area contributed by atoms with Crippen molar-refractivity contribution < 1.29 is 4.79 Å². The van der Waals surface area contributed by atoms with Crippen molar-refractivity contribution in [2.75, 3.05) is 18.4 Å². The molecule has 0 unspecified atom stereocenters. The van der Waals surface area contributed by atoms with Gasteiger partial charge in [0.1, 0.15) is 0 Å². The molecular weight excluding hydrogens is 212 g/mol. The molecule has 1 amide bonds. The summed E-state index contributed by atoms with van der Waals surface area (Å²) < 4.78 is 0. The maximum Gasteiger partial charge on any atom is 0.224 e. The minimum absolute atomic E-state index is 0.0826. The number of carbonyl (C=O) groups excluding carboxylic acids is 1. The number of amides is 1. The van der Waals surface area contributed by atoms with Crippen LogP contribution in [0.1, 0.15) is 32.3 Å². The number of rotatable bonds is 7. The van der Waals surface area contributed by atoms with Crippen molar-refractivity contribution in [1.82, 2.24) is 5.32 Å². The number of likely N-dealkylation sites (N-methyl/N-ethyl adjacent to an activating group) is 1. The quantitative estimate of drug-likeness (QED) is 0.712. The van der Waals surface area contributed by atoms with Crippen LogP contribution in [-0.4, -0.2) is 19.0 Å². The summed E-state index contributed by atoms with van der Waals surface area (Å²) in [5.41, 5.74) is 2.18. The minimum Gasteiger partial charge on any atom is -0.385 e. The zero-order chi connectivity index (χ0) is 12.5. The second-order valence-electron chi connectivity index (χ2n) is 4.11. The highest BCUT2D eigenvalue weighted by molar-refractivity contribution is 5.78. The van der Waals surface area contributed by atoms with Gasteiger partial charge in [-0.05, 0) is 31.0 Å². The summed E-state index contributed by atoms with van der Waals surface area (Å²) in [4.78, 5) is 11.4. The van der Waals surface area contributed by atoms with Crippen LogP contribution in [-0.2, 0) is 11.2 Å². The normalized spacial score (nSPS) is 10.0. The summed E-state index contributed by atoms with van der Waals surface area (Å²) in [5, 5.41) is 6.15. The van der Waals surface area contributed by atoms with Crippen LogP contribution in [0.4, 0.5) is 5.69 Å². The predicted molar refractivity (Wildman–Crippen MR) is 72.2 cm³/mol. The molecule has 0 radical (unpaired) electrons. The van der Waals surface area contributed by atoms with E-state index in [2.05, 4.69) is 17.6 Å². The van der Waals surface area contributed by atoms with Gasteiger partial charge in [-0.15, -0.1) is 0 Å². The number of hydrogen-bond acceptors (Lipinski definition) is 2. The third-order valence-corrected chi connectivity index (χ3v) is 2.55. The van der Waals surface area contributed by atoms with Gasteiger partial charge in [-0.2, -0.15) is 0 Å². The van der Waals surface area contributed by atoms with E-state index in [-0.39, 0.29) is 5.91 Å². The molecule has 94 valence electrons. The Labute approximate surface area is 104 Å². The van der Waals surface area contributed by atoms with Crippen LogP contribution < -0.4 is 10.6 Å². The highest BCUT2D eigenvalue weighted by atomic mass is 16.1. The summed E-state index contributed by atoms with van der Waals surface area (Å²) in [6.07, 6.45) is 2.84. The summed E-state index contributed by atoms with van der Waals surface area (Å²) in [5.74, 6) is 0.0826. The van der Waals surface area contributed by atoms with Crippen LogP contribution in [0.5, 0.6) is 0 Å². The Balaban J connectivity index is 2.41. The van der Waals surface area contributed by atoms with Crippen molar-refractivity contribution in [2.45, 2.75) is 33.1 Å². The largest absolute Gasteiger partial charge is 0.385 e. The van der Waals surface area contributed by atoms with Gasteiger partial charge in [-0.3, -0.25) is 4.79 Å². The highest BCUT2D eigenvalue weighted by Gasteiger charge is 2.01. The second-order valence-corrected chi connectivity index (χ2v) is 4.11. The van der Waals surface area contributed by atoms with E-state index in [9.17, 15) is 4.79 Å². The maximum absolute atomic E-state index is 11.4. The van der Waals surface area contributed by atoms with Crippen LogP contribution in [0.2, 0.25) is 0 Å². The molecule has 1 aromatic carbocycles. The third-order valence-electron chi connectivity index (χ3n) is 2.55. The zero-order valence-electron chi connectivity index (χ0n) is 10.8. The SMILES string of the molecule is CCCCNc1ccc(CC(=O)NCC)cc1. The molecule has 0 spiro atoms. The van der Waals surface area contributed by atoms with E-state index in [0.717, 1.165) is 17.8 Å². The molecule has 0 heterocycles. The fourth-order valence-corrected chi connectivity index (χ4v) is 1.60. The Kier molecular flexibility index (Phi) is 6.15. The van der Waals surface area contributed by atoms with Crippen LogP contribution in [0.15, 0.2) is 24.3 Å². The van der Waals surface area contributed by atoms with Crippen LogP contribution in [0.25, 0.3) is 0 Å². The standard InChI is InChI=1S/C14H22N2O/c1-3-5-10-16-13-8-6-12(7-9-13)11-14(17)15-4-2/h6-9,16H,3-5,10-11H2,1-2H3,(H,15,17). The highest BCUT2D eigenvalue weighted by Crippen LogP contribution is 2.10. The van der Waals surface area contributed by atoms with Crippen LogP contribution in [0, 0.1) is 0 Å². The van der Waals surface area contributed by atoms with Crippen molar-refractivity contribution in [3.8, 4) is 0 Å². The first-order valence-corrected chi connectivity index (χ1v) is 6.35. The lowest BCUT2D eigenvalue weighted by molar-refractivity contribution is -0.120. The fourth-order valence-electron chi connectivity index (χ4n) is 1.60. The van der Waals surface area contributed by atoms with Gasteiger partial charge in [0.05, 0.1) is 6.42 Å². The van der Waals surface area contributed by atoms with Gasteiger partial charge in [0.2, 0.25) is 5.91 Å². The predicted octanol–water partition coefficient (Wildman–Crippen LogP) is 2.58. The number of benzene rings is 1. The van der Waals surface area contributed by atoms with Gasteiger partial charge in [-0.1, -0.05) is 25.5 Å². The molecule has 0 bridgehead atoms. The Morgan fingerprint density at radius 1 is 1.18 bits per heavy atom. The summed E-state index contributed by atoms with van der Waals surface area (Å²) in [6.45, 7) is 5.80. The molecule has 1 rings (SSSR count). The first-order chi connectivity index (χ1) is 8.26. The number of anilines is 1. The molecular formula is C14H22N2O. The van der Waals surface area contributed by atoms with Crippen molar-refractivity contribution in [3.05, 3.63) is 29.8 Å². The number of unbranched alkanes of at least 4 members (excludes halogenated alkanes) is 1. The van der Waals surface area contributed by atoms with Crippen molar-refractivity contribution in [2.24, 2.45) is 0 Å². The van der Waals surface area contributed by atoms with E-state index >= 15 is 0 Å². The smallest absolute Gasteiger partial charge is 0.224 e. The van der Waals surface area contributed by atoms with Gasteiger partial charge >= 0.3 is 0 Å². The average molecular weight is 234 g/mol. The number of nitrogens with one attached hydrogen (secondary N) is 2. The van der Waals surface area contributed by atoms with Crippen molar-refractivity contribution in [3.63, 3.8) is 0 Å². The average Bonchev–Trinajstić information content (AvgIpc) is 2.32. The Hall–Kier alpha value is -1.51. The summed E-state index contributed by atoms with van der Waals surface area (Å²) in [7, 11) is 0. The van der Waals surface area contributed by atoms with Crippen molar-refractivity contribution >= 4 is 11.6 Å². The lowest BCUT2D eigenvalue weighted by Gasteiger charge is -2.07.